The summed E-state index contributed by atoms with van der Waals surface area (Å²) in [6, 6.07) is 13.7. The molecule has 4 heterocycles. The Kier molecular flexibility index (Phi) is 10.3. The maximum absolute atomic E-state index is 13.4. The van der Waals surface area contributed by atoms with Crippen LogP contribution >= 0.6 is 0 Å². The van der Waals surface area contributed by atoms with Crippen LogP contribution in [-0.4, -0.2) is 101 Å². The van der Waals surface area contributed by atoms with Crippen molar-refractivity contribution in [3.05, 3.63) is 59.9 Å². The molecule has 3 aromatic rings. The van der Waals surface area contributed by atoms with Gasteiger partial charge in [-0.1, -0.05) is 25.1 Å². The topological polar surface area (TPSA) is 117 Å². The highest BCUT2D eigenvalue weighted by atomic mass is 16.5. The number of nitrogens with one attached hydrogen (secondary N) is 3. The fraction of sp³-hybridized carbons (Fsp3) is 0.515. The lowest BCUT2D eigenvalue weighted by Crippen LogP contribution is -2.44. The lowest BCUT2D eigenvalue weighted by molar-refractivity contribution is 0.0907. The Hall–Kier alpha value is -3.80. The number of amides is 3. The summed E-state index contributed by atoms with van der Waals surface area (Å²) < 4.78 is 7.04. The van der Waals surface area contributed by atoms with Gasteiger partial charge in [0.1, 0.15) is 11.5 Å². The SMILES string of the molecule is CCN1CCC(NC(=O)c2cc(-c3nn(-c4ccccc4)c(NC(=O)N[C@@H]4C[C@@H](CCOC)N(C)[C@H]4C)c3C)ccn2)CC1. The van der Waals surface area contributed by atoms with Gasteiger partial charge in [-0.25, -0.2) is 9.48 Å². The molecule has 3 amide bonds. The second-order valence-corrected chi connectivity index (χ2v) is 12.0. The summed E-state index contributed by atoms with van der Waals surface area (Å²) in [5.41, 5.74) is 3.39. The number of methoxy groups -OCH3 is 1. The largest absolute Gasteiger partial charge is 0.385 e. The standard InChI is InChI=1S/C33H46N8O3/c1-6-40-17-13-25(14-18-40)35-32(42)29-20-24(12-16-34-29)30-22(2)31(41(38-30)26-10-8-7-9-11-26)37-33(43)36-28-21-27(15-19-44-5)39(4)23(28)3/h7-12,16,20,23,25,27-28H,6,13-15,17-19,21H2,1-5H3,(H,35,42)(H2,36,37,43)/t23-,27+,28+/m0/s1. The van der Waals surface area contributed by atoms with E-state index in [1.165, 1.54) is 0 Å². The molecule has 0 unspecified atom stereocenters. The van der Waals surface area contributed by atoms with Crippen LogP contribution in [0, 0.1) is 6.92 Å². The molecule has 2 aliphatic rings. The summed E-state index contributed by atoms with van der Waals surface area (Å²) in [5.74, 6) is 0.392. The highest BCUT2D eigenvalue weighted by Crippen LogP contribution is 2.31. The molecule has 11 nitrogen and oxygen atoms in total. The summed E-state index contributed by atoms with van der Waals surface area (Å²) in [5, 5.41) is 14.4. The third-order valence-electron chi connectivity index (χ3n) is 9.29. The van der Waals surface area contributed by atoms with Crippen molar-refractivity contribution < 1.29 is 14.3 Å². The van der Waals surface area contributed by atoms with E-state index in [1.807, 2.05) is 43.3 Å². The summed E-state index contributed by atoms with van der Waals surface area (Å²) in [6.07, 6.45) is 5.28. The molecule has 2 aliphatic heterocycles. The van der Waals surface area contributed by atoms with Crippen molar-refractivity contribution in [2.75, 3.05) is 45.7 Å². The van der Waals surface area contributed by atoms with Gasteiger partial charge in [0.25, 0.3) is 5.91 Å². The fourth-order valence-electron chi connectivity index (χ4n) is 6.37. The summed E-state index contributed by atoms with van der Waals surface area (Å²) in [4.78, 5) is 35.7. The Morgan fingerprint density at radius 1 is 1.09 bits per heavy atom. The smallest absolute Gasteiger partial charge is 0.320 e. The van der Waals surface area contributed by atoms with Crippen molar-refractivity contribution >= 4 is 17.8 Å². The number of nitrogens with zero attached hydrogens (tertiary/aromatic N) is 5. The monoisotopic (exact) mass is 602 g/mol. The van der Waals surface area contributed by atoms with Gasteiger partial charge in [0.05, 0.1) is 11.4 Å². The van der Waals surface area contributed by atoms with Crippen LogP contribution in [0.15, 0.2) is 48.7 Å². The molecule has 0 saturated carbocycles. The number of carbonyl (C=O) groups is 2. The molecule has 2 aromatic heterocycles. The molecule has 1 aromatic carbocycles. The number of urea groups is 1. The minimum atomic E-state index is -0.279. The first-order chi connectivity index (χ1) is 21.3. The number of hydrogen-bond donors (Lipinski definition) is 3. The van der Waals surface area contributed by atoms with Gasteiger partial charge in [-0.3, -0.25) is 20.0 Å². The van der Waals surface area contributed by atoms with Gasteiger partial charge >= 0.3 is 6.03 Å². The molecule has 3 atom stereocenters. The Bertz CT molecular complexity index is 1420. The highest BCUT2D eigenvalue weighted by molar-refractivity contribution is 5.94. The van der Waals surface area contributed by atoms with E-state index in [1.54, 1.807) is 24.1 Å². The summed E-state index contributed by atoms with van der Waals surface area (Å²) in [6.45, 7) is 9.93. The molecule has 0 bridgehead atoms. The molecule has 3 N–H and O–H groups in total. The van der Waals surface area contributed by atoms with Gasteiger partial charge in [0.2, 0.25) is 0 Å². The minimum absolute atomic E-state index is 0.00482. The van der Waals surface area contributed by atoms with E-state index in [-0.39, 0.29) is 30.1 Å². The first-order valence-corrected chi connectivity index (χ1v) is 15.7. The van der Waals surface area contributed by atoms with E-state index in [2.05, 4.69) is 51.6 Å². The zero-order chi connectivity index (χ0) is 31.2. The molecule has 236 valence electrons. The first-order valence-electron chi connectivity index (χ1n) is 15.7. The lowest BCUT2D eigenvalue weighted by Gasteiger charge is -2.31. The number of likely N-dealkylation sites (tertiary alicyclic amines) is 2. The van der Waals surface area contributed by atoms with Gasteiger partial charge in [-0.15, -0.1) is 0 Å². The second kappa shape index (κ2) is 14.3. The zero-order valence-corrected chi connectivity index (χ0v) is 26.5. The van der Waals surface area contributed by atoms with Crippen LogP contribution in [0.2, 0.25) is 0 Å². The number of pyridine rings is 1. The summed E-state index contributed by atoms with van der Waals surface area (Å²) in [7, 11) is 3.82. The zero-order valence-electron chi connectivity index (χ0n) is 26.5. The Morgan fingerprint density at radius 2 is 1.84 bits per heavy atom. The van der Waals surface area contributed by atoms with Crippen molar-refractivity contribution in [1.29, 1.82) is 0 Å². The van der Waals surface area contributed by atoms with E-state index in [9.17, 15) is 9.59 Å². The molecule has 0 spiro atoms. The van der Waals surface area contributed by atoms with Gasteiger partial charge in [-0.2, -0.15) is 5.10 Å². The minimum Gasteiger partial charge on any atom is -0.385 e. The van der Waals surface area contributed by atoms with Crippen molar-refractivity contribution in [3.63, 3.8) is 0 Å². The Labute approximate surface area is 260 Å². The average Bonchev–Trinajstić information content (AvgIpc) is 3.51. The number of likely N-dealkylation sites (N-methyl/N-ethyl adjacent to an activating group) is 1. The lowest BCUT2D eigenvalue weighted by atomic mass is 10.0. The molecule has 44 heavy (non-hydrogen) atoms. The first kappa shape index (κ1) is 31.6. The predicted octanol–water partition coefficient (Wildman–Crippen LogP) is 4.08. The van der Waals surface area contributed by atoms with Crippen LogP contribution < -0.4 is 16.0 Å². The number of aromatic nitrogens is 3. The van der Waals surface area contributed by atoms with E-state index in [0.717, 1.165) is 62.1 Å². The Morgan fingerprint density at radius 3 is 2.55 bits per heavy atom. The van der Waals surface area contributed by atoms with Crippen LogP contribution in [0.25, 0.3) is 16.9 Å². The van der Waals surface area contributed by atoms with Crippen LogP contribution in [0.3, 0.4) is 0 Å². The fourth-order valence-corrected chi connectivity index (χ4v) is 6.37. The van der Waals surface area contributed by atoms with Crippen LogP contribution in [0.1, 0.15) is 55.6 Å². The predicted molar refractivity (Wildman–Crippen MR) is 172 cm³/mol. The maximum atomic E-state index is 13.4. The van der Waals surface area contributed by atoms with Crippen molar-refractivity contribution in [2.45, 2.75) is 70.6 Å². The number of para-hydroxylation sites is 1. The summed E-state index contributed by atoms with van der Waals surface area (Å²) >= 11 is 0. The molecule has 0 radical (unpaired) electrons. The number of carbonyl (C=O) groups excluding carboxylic acids is 2. The molecular weight excluding hydrogens is 556 g/mol. The van der Waals surface area contributed by atoms with Crippen LogP contribution in [-0.2, 0) is 4.74 Å². The Balaban J connectivity index is 1.35. The number of rotatable bonds is 10. The molecule has 0 aliphatic carbocycles. The van der Waals surface area contributed by atoms with Gasteiger partial charge in [-0.05, 0) is 77.4 Å². The normalized spacial score (nSPS) is 21.3. The maximum Gasteiger partial charge on any atom is 0.320 e. The molecule has 11 heteroatoms. The number of benzene rings is 1. The highest BCUT2D eigenvalue weighted by Gasteiger charge is 2.37. The van der Waals surface area contributed by atoms with Crippen molar-refractivity contribution in [1.82, 2.24) is 35.2 Å². The van der Waals surface area contributed by atoms with E-state index in [0.29, 0.717) is 29.9 Å². The van der Waals surface area contributed by atoms with Gasteiger partial charge in [0, 0.05) is 68.3 Å². The van der Waals surface area contributed by atoms with Crippen LogP contribution in [0.5, 0.6) is 0 Å². The number of hydrogen-bond acceptors (Lipinski definition) is 7. The van der Waals surface area contributed by atoms with E-state index < -0.39 is 0 Å². The van der Waals surface area contributed by atoms with Gasteiger partial charge < -0.3 is 20.3 Å². The quantitative estimate of drug-likeness (QED) is 0.320. The number of piperidine rings is 1. The number of ether oxygens (including phenoxy) is 1. The van der Waals surface area contributed by atoms with Crippen molar-refractivity contribution in [3.8, 4) is 16.9 Å². The number of anilines is 1. The third kappa shape index (κ3) is 7.11. The average molecular weight is 603 g/mol. The second-order valence-electron chi connectivity index (χ2n) is 12.0. The van der Waals surface area contributed by atoms with E-state index in [4.69, 9.17) is 9.84 Å². The third-order valence-corrected chi connectivity index (χ3v) is 9.29. The van der Waals surface area contributed by atoms with E-state index >= 15 is 0 Å². The van der Waals surface area contributed by atoms with Gasteiger partial charge in [0.15, 0.2) is 0 Å². The van der Waals surface area contributed by atoms with Crippen LogP contribution in [0.4, 0.5) is 10.6 Å². The van der Waals surface area contributed by atoms with Crippen molar-refractivity contribution in [2.24, 2.45) is 0 Å². The molecule has 2 fully saturated rings. The molecular formula is C33H46N8O3. The molecule has 2 saturated heterocycles. The molecule has 5 rings (SSSR count).